The Morgan fingerprint density at radius 3 is 2.68 bits per heavy atom. The van der Waals surface area contributed by atoms with Gasteiger partial charge in [-0.2, -0.15) is 10.3 Å². The minimum atomic E-state index is -0.669. The zero-order valence-electron chi connectivity index (χ0n) is 17.9. The minimum absolute atomic E-state index is 0.0148. The molecule has 4 heterocycles. The van der Waals surface area contributed by atoms with Gasteiger partial charge in [0.1, 0.15) is 28.9 Å². The third-order valence-electron chi connectivity index (χ3n) is 5.42. The number of aromatic nitrogens is 3. The summed E-state index contributed by atoms with van der Waals surface area (Å²) in [6.45, 7) is 1.90. The maximum Gasteiger partial charge on any atom is 0.278 e. The van der Waals surface area contributed by atoms with E-state index < -0.39 is 11.7 Å². The van der Waals surface area contributed by atoms with E-state index in [2.05, 4.69) is 4.99 Å². The van der Waals surface area contributed by atoms with Gasteiger partial charge in [0.25, 0.3) is 11.5 Å². The van der Waals surface area contributed by atoms with Crippen molar-refractivity contribution in [2.24, 2.45) is 4.99 Å². The van der Waals surface area contributed by atoms with E-state index in [1.807, 2.05) is 19.1 Å². The van der Waals surface area contributed by atoms with E-state index in [0.29, 0.717) is 11.4 Å². The highest BCUT2D eigenvalue weighted by Crippen LogP contribution is 2.15. The van der Waals surface area contributed by atoms with E-state index in [0.717, 1.165) is 17.7 Å². The number of pyridine rings is 2. The molecule has 0 saturated carbocycles. The average molecular weight is 453 g/mol. The van der Waals surface area contributed by atoms with Crippen molar-refractivity contribution in [2.45, 2.75) is 13.5 Å². The first kappa shape index (κ1) is 21.0. The number of carbonyl (C=O) groups is 1. The number of aryl methyl sites for hydroxylation is 1. The van der Waals surface area contributed by atoms with Gasteiger partial charge >= 0.3 is 0 Å². The second-order valence-electron chi connectivity index (χ2n) is 7.62. The normalized spacial score (nSPS) is 11.7. The summed E-state index contributed by atoms with van der Waals surface area (Å²) in [5.41, 5.74) is 1.29. The molecular weight excluding hydrogens is 437 g/mol. The SMILES string of the molecule is Cc1cccn2c(=O)c3cc(C#N)c(=NC(=O)c4ccc(F)cc4)n(Cc4ccco4)c3nc12. The van der Waals surface area contributed by atoms with Gasteiger partial charge in [-0.3, -0.25) is 14.0 Å². The Balaban J connectivity index is 1.88. The Morgan fingerprint density at radius 2 is 1.97 bits per heavy atom. The first-order valence-corrected chi connectivity index (χ1v) is 10.3. The molecule has 9 heteroatoms. The maximum atomic E-state index is 13.3. The lowest BCUT2D eigenvalue weighted by atomic mass is 10.2. The summed E-state index contributed by atoms with van der Waals surface area (Å²) in [6.07, 6.45) is 3.10. The lowest BCUT2D eigenvalue weighted by Gasteiger charge is -2.13. The highest BCUT2D eigenvalue weighted by atomic mass is 19.1. The molecule has 0 aliphatic rings. The van der Waals surface area contributed by atoms with Gasteiger partial charge in [0.05, 0.1) is 23.8 Å². The Labute approximate surface area is 191 Å². The molecule has 1 aromatic carbocycles. The molecule has 0 aliphatic heterocycles. The van der Waals surface area contributed by atoms with Gasteiger partial charge in [0, 0.05) is 11.8 Å². The number of fused-ring (bicyclic) bond motifs is 2. The molecule has 0 atom stereocenters. The molecule has 0 spiro atoms. The Bertz CT molecular complexity index is 1740. The van der Waals surface area contributed by atoms with Gasteiger partial charge in [-0.1, -0.05) is 6.07 Å². The topological polar surface area (TPSA) is 106 Å². The fraction of sp³-hybridized carbons (Fsp3) is 0.0800. The molecule has 5 aromatic rings. The third kappa shape index (κ3) is 3.57. The second-order valence-corrected chi connectivity index (χ2v) is 7.62. The number of nitrogens with zero attached hydrogens (tertiary/aromatic N) is 5. The van der Waals surface area contributed by atoms with E-state index >= 15 is 0 Å². The van der Waals surface area contributed by atoms with E-state index in [1.54, 1.807) is 24.4 Å². The summed E-state index contributed by atoms with van der Waals surface area (Å²) in [6, 6.07) is 15.3. The standard InChI is InChI=1S/C25H16FN5O3/c1-15-4-2-10-30-21(15)28-23-20(25(30)33)12-17(13-27)22(31(23)14-19-5-3-11-34-19)29-24(32)16-6-8-18(26)9-7-16/h2-12H,14H2,1H3. The molecule has 0 aliphatic carbocycles. The summed E-state index contributed by atoms with van der Waals surface area (Å²) in [7, 11) is 0. The number of nitriles is 1. The molecule has 0 bridgehead atoms. The quantitative estimate of drug-likeness (QED) is 0.390. The van der Waals surface area contributed by atoms with Gasteiger partial charge in [0.2, 0.25) is 0 Å². The minimum Gasteiger partial charge on any atom is -0.467 e. The summed E-state index contributed by atoms with van der Waals surface area (Å²) in [4.78, 5) is 35.1. The van der Waals surface area contributed by atoms with Crippen LogP contribution in [0.25, 0.3) is 16.7 Å². The van der Waals surface area contributed by atoms with Crippen LogP contribution in [0.2, 0.25) is 0 Å². The molecule has 5 rings (SSSR count). The highest BCUT2D eigenvalue weighted by molar-refractivity contribution is 5.95. The molecule has 0 fully saturated rings. The number of amides is 1. The zero-order valence-corrected chi connectivity index (χ0v) is 17.9. The number of hydrogen-bond donors (Lipinski definition) is 0. The lowest BCUT2D eigenvalue weighted by Crippen LogP contribution is -2.30. The Hall–Kier alpha value is -4.84. The van der Waals surface area contributed by atoms with Crippen LogP contribution in [0.3, 0.4) is 0 Å². The van der Waals surface area contributed by atoms with Crippen LogP contribution in [0.1, 0.15) is 27.2 Å². The molecule has 1 amide bonds. The van der Waals surface area contributed by atoms with Crippen LogP contribution in [0.15, 0.2) is 81.3 Å². The summed E-state index contributed by atoms with van der Waals surface area (Å²) in [5, 5.41) is 10.1. The van der Waals surface area contributed by atoms with Crippen LogP contribution in [0.4, 0.5) is 4.39 Å². The molecule has 0 unspecified atom stereocenters. The van der Waals surface area contributed by atoms with Crippen molar-refractivity contribution in [1.82, 2.24) is 14.0 Å². The van der Waals surface area contributed by atoms with Crippen LogP contribution in [-0.2, 0) is 6.54 Å². The van der Waals surface area contributed by atoms with Crippen molar-refractivity contribution in [1.29, 1.82) is 5.26 Å². The van der Waals surface area contributed by atoms with Crippen molar-refractivity contribution < 1.29 is 13.6 Å². The lowest BCUT2D eigenvalue weighted by molar-refractivity contribution is 0.0997. The first-order valence-electron chi connectivity index (χ1n) is 10.3. The molecule has 34 heavy (non-hydrogen) atoms. The van der Waals surface area contributed by atoms with Crippen LogP contribution in [0, 0.1) is 24.1 Å². The molecule has 0 radical (unpaired) electrons. The van der Waals surface area contributed by atoms with E-state index in [1.165, 1.54) is 33.4 Å². The highest BCUT2D eigenvalue weighted by Gasteiger charge is 2.17. The number of benzene rings is 1. The summed E-state index contributed by atoms with van der Waals surface area (Å²) in [5.74, 6) is -0.642. The number of carbonyl (C=O) groups excluding carboxylic acids is 1. The van der Waals surface area contributed by atoms with Crippen LogP contribution in [-0.4, -0.2) is 19.9 Å². The number of hydrogen-bond acceptors (Lipinski definition) is 5. The van der Waals surface area contributed by atoms with Gasteiger partial charge in [-0.25, -0.2) is 9.37 Å². The molecule has 166 valence electrons. The number of halogens is 1. The zero-order chi connectivity index (χ0) is 23.8. The van der Waals surface area contributed by atoms with E-state index in [4.69, 9.17) is 9.40 Å². The summed E-state index contributed by atoms with van der Waals surface area (Å²) < 4.78 is 21.7. The van der Waals surface area contributed by atoms with Gasteiger partial charge in [0.15, 0.2) is 5.49 Å². The molecule has 4 aromatic heterocycles. The van der Waals surface area contributed by atoms with Crippen LogP contribution >= 0.6 is 0 Å². The summed E-state index contributed by atoms with van der Waals surface area (Å²) >= 11 is 0. The van der Waals surface area contributed by atoms with Crippen LogP contribution in [0.5, 0.6) is 0 Å². The first-order chi connectivity index (χ1) is 16.5. The maximum absolute atomic E-state index is 13.3. The van der Waals surface area contributed by atoms with Crippen LogP contribution < -0.4 is 11.0 Å². The van der Waals surface area contributed by atoms with Crippen molar-refractivity contribution in [2.75, 3.05) is 0 Å². The van der Waals surface area contributed by atoms with E-state index in [-0.39, 0.29) is 39.8 Å². The predicted molar refractivity (Wildman–Crippen MR) is 121 cm³/mol. The molecule has 0 N–H and O–H groups in total. The van der Waals surface area contributed by atoms with Crippen molar-refractivity contribution in [3.8, 4) is 6.07 Å². The van der Waals surface area contributed by atoms with Gasteiger partial charge < -0.3 is 8.98 Å². The molecular formula is C25H16FN5O3. The number of furan rings is 1. The monoisotopic (exact) mass is 453 g/mol. The third-order valence-corrected chi connectivity index (χ3v) is 5.42. The second kappa shape index (κ2) is 8.26. The predicted octanol–water partition coefficient (Wildman–Crippen LogP) is 3.35. The van der Waals surface area contributed by atoms with Crippen molar-refractivity contribution in [3.05, 3.63) is 111 Å². The molecule has 0 saturated heterocycles. The average Bonchev–Trinajstić information content (AvgIpc) is 3.35. The smallest absolute Gasteiger partial charge is 0.278 e. The van der Waals surface area contributed by atoms with Gasteiger partial charge in [-0.05, 0) is 61.0 Å². The Kier molecular flexibility index (Phi) is 5.11. The number of rotatable bonds is 3. The van der Waals surface area contributed by atoms with E-state index in [9.17, 15) is 19.2 Å². The molecule has 8 nitrogen and oxygen atoms in total. The van der Waals surface area contributed by atoms with Crippen molar-refractivity contribution in [3.63, 3.8) is 0 Å². The largest absolute Gasteiger partial charge is 0.467 e. The fourth-order valence-electron chi connectivity index (χ4n) is 3.75. The van der Waals surface area contributed by atoms with Crippen molar-refractivity contribution >= 4 is 22.6 Å². The Morgan fingerprint density at radius 1 is 1.18 bits per heavy atom. The fourth-order valence-corrected chi connectivity index (χ4v) is 3.75. The van der Waals surface area contributed by atoms with Gasteiger partial charge in [-0.15, -0.1) is 0 Å².